The largest absolute Gasteiger partial charge is 0.384 e. The molecule has 0 heterocycles. The fraction of sp³-hybridized carbons (Fsp3) is 0.867. The normalized spacial score (nSPS) is 17.1. The molecular formula is C15H28O2. The number of ether oxygens (including phenoxy) is 1. The summed E-state index contributed by atoms with van der Waals surface area (Å²) in [4.78, 5) is 10.6. The lowest BCUT2D eigenvalue weighted by atomic mass is 9.65. The van der Waals surface area contributed by atoms with Crippen molar-refractivity contribution in [1.82, 2.24) is 0 Å². The monoisotopic (exact) mass is 240 g/mol. The van der Waals surface area contributed by atoms with E-state index in [9.17, 15) is 4.79 Å². The summed E-state index contributed by atoms with van der Waals surface area (Å²) in [7, 11) is 1.74. The Morgan fingerprint density at radius 3 is 2.29 bits per heavy atom. The Kier molecular flexibility index (Phi) is 6.74. The van der Waals surface area contributed by atoms with E-state index in [1.807, 2.05) is 5.94 Å². The van der Waals surface area contributed by atoms with E-state index in [0.717, 1.165) is 19.3 Å². The summed E-state index contributed by atoms with van der Waals surface area (Å²) in [6.07, 6.45) is 4.90. The summed E-state index contributed by atoms with van der Waals surface area (Å²) >= 11 is 0. The van der Waals surface area contributed by atoms with Crippen LogP contribution in [0.3, 0.4) is 0 Å². The molecule has 2 unspecified atom stereocenters. The molecule has 2 heteroatoms. The molecule has 17 heavy (non-hydrogen) atoms. The van der Waals surface area contributed by atoms with Gasteiger partial charge in [-0.25, -0.2) is 4.79 Å². The first-order chi connectivity index (χ1) is 7.81. The molecule has 0 aliphatic heterocycles. The van der Waals surface area contributed by atoms with Gasteiger partial charge in [0.15, 0.2) is 0 Å². The third kappa shape index (κ3) is 5.52. The van der Waals surface area contributed by atoms with Crippen LogP contribution < -0.4 is 0 Å². The Bertz CT molecular complexity index is 251. The van der Waals surface area contributed by atoms with E-state index in [2.05, 4.69) is 34.6 Å². The zero-order chi connectivity index (χ0) is 13.5. The van der Waals surface area contributed by atoms with Crippen molar-refractivity contribution in [2.45, 2.75) is 53.9 Å². The average molecular weight is 240 g/mol. The Morgan fingerprint density at radius 2 is 1.94 bits per heavy atom. The highest BCUT2D eigenvalue weighted by molar-refractivity contribution is 5.45. The summed E-state index contributed by atoms with van der Waals surface area (Å²) in [5.74, 6) is 2.15. The molecule has 0 aliphatic carbocycles. The van der Waals surface area contributed by atoms with Gasteiger partial charge < -0.3 is 4.74 Å². The molecule has 0 spiro atoms. The molecule has 0 aromatic rings. The number of allylic oxidation sites excluding steroid dienone is 1. The predicted molar refractivity (Wildman–Crippen MR) is 72.7 cm³/mol. The van der Waals surface area contributed by atoms with Crippen LogP contribution in [0.25, 0.3) is 0 Å². The van der Waals surface area contributed by atoms with Crippen molar-refractivity contribution >= 4 is 5.94 Å². The van der Waals surface area contributed by atoms with Crippen molar-refractivity contribution in [1.29, 1.82) is 0 Å². The second-order valence-corrected chi connectivity index (χ2v) is 6.36. The van der Waals surface area contributed by atoms with Crippen LogP contribution in [-0.2, 0) is 9.53 Å². The maximum absolute atomic E-state index is 10.6. The Hall–Kier alpha value is -0.590. The smallest absolute Gasteiger partial charge is 0.120 e. The van der Waals surface area contributed by atoms with Crippen LogP contribution in [0.2, 0.25) is 0 Å². The van der Waals surface area contributed by atoms with Gasteiger partial charge in [-0.15, -0.1) is 0 Å². The third-order valence-electron chi connectivity index (χ3n) is 3.35. The zero-order valence-electron chi connectivity index (χ0n) is 12.3. The standard InChI is InChI=1S/C15H28O2/c1-7-9-15(12-17-6,11-14(3,4)5)13(2)8-10-16/h8,13H,7,9,11-12H2,1-6H3. The van der Waals surface area contributed by atoms with Gasteiger partial charge in [0.05, 0.1) is 6.61 Å². The molecule has 0 fully saturated rings. The zero-order valence-corrected chi connectivity index (χ0v) is 12.3. The minimum absolute atomic E-state index is 0.0547. The van der Waals surface area contributed by atoms with E-state index in [4.69, 9.17) is 4.74 Å². The summed E-state index contributed by atoms with van der Waals surface area (Å²) in [5, 5.41) is 0. The summed E-state index contributed by atoms with van der Waals surface area (Å²) in [5.41, 5.74) is 0.290. The molecule has 2 nitrogen and oxygen atoms in total. The Labute approximate surface area is 106 Å². The van der Waals surface area contributed by atoms with Gasteiger partial charge in [0.1, 0.15) is 5.94 Å². The predicted octanol–water partition coefficient (Wildman–Crippen LogP) is 3.88. The second-order valence-electron chi connectivity index (χ2n) is 6.36. The molecule has 0 aromatic carbocycles. The van der Waals surface area contributed by atoms with Crippen LogP contribution in [0.4, 0.5) is 0 Å². The van der Waals surface area contributed by atoms with E-state index in [1.165, 1.54) is 0 Å². The van der Waals surface area contributed by atoms with Gasteiger partial charge in [-0.1, -0.05) is 41.0 Å². The number of hydrogen-bond donors (Lipinski definition) is 0. The van der Waals surface area contributed by atoms with Gasteiger partial charge in [-0.05, 0) is 24.2 Å². The van der Waals surface area contributed by atoms with E-state index >= 15 is 0 Å². The minimum Gasteiger partial charge on any atom is -0.384 e. The number of rotatable bonds is 7. The molecule has 0 aliphatic rings. The van der Waals surface area contributed by atoms with Gasteiger partial charge in [-0.2, -0.15) is 0 Å². The highest BCUT2D eigenvalue weighted by Gasteiger charge is 2.38. The first-order valence-electron chi connectivity index (χ1n) is 6.51. The molecule has 0 saturated heterocycles. The van der Waals surface area contributed by atoms with Gasteiger partial charge in [0, 0.05) is 18.6 Å². The molecular weight excluding hydrogens is 212 g/mol. The number of carbonyl (C=O) groups excluding carboxylic acids is 1. The van der Waals surface area contributed by atoms with E-state index in [-0.39, 0.29) is 16.7 Å². The van der Waals surface area contributed by atoms with Gasteiger partial charge in [0.25, 0.3) is 0 Å². The second kappa shape index (κ2) is 6.98. The number of methoxy groups -OCH3 is 1. The molecule has 100 valence electrons. The molecule has 0 radical (unpaired) electrons. The lowest BCUT2D eigenvalue weighted by molar-refractivity contribution is 0.0114. The molecule has 0 aromatic heterocycles. The lowest BCUT2D eigenvalue weighted by Gasteiger charge is -2.41. The summed E-state index contributed by atoms with van der Waals surface area (Å²) in [6, 6.07) is 0. The minimum atomic E-state index is 0.0547. The van der Waals surface area contributed by atoms with Crippen molar-refractivity contribution in [3.63, 3.8) is 0 Å². The third-order valence-corrected chi connectivity index (χ3v) is 3.35. The van der Waals surface area contributed by atoms with Crippen molar-refractivity contribution in [2.75, 3.05) is 13.7 Å². The Morgan fingerprint density at radius 1 is 1.35 bits per heavy atom. The average Bonchev–Trinajstić information content (AvgIpc) is 2.16. The van der Waals surface area contributed by atoms with Crippen LogP contribution in [-0.4, -0.2) is 19.7 Å². The van der Waals surface area contributed by atoms with Crippen molar-refractivity contribution < 1.29 is 9.53 Å². The molecule has 0 saturated carbocycles. The van der Waals surface area contributed by atoms with Gasteiger partial charge in [0.2, 0.25) is 0 Å². The maximum atomic E-state index is 10.6. The molecule has 0 amide bonds. The van der Waals surface area contributed by atoms with Crippen molar-refractivity contribution in [3.8, 4) is 0 Å². The van der Waals surface area contributed by atoms with Crippen LogP contribution in [0.1, 0.15) is 53.9 Å². The molecule has 0 rings (SSSR count). The first-order valence-corrected chi connectivity index (χ1v) is 6.51. The van der Waals surface area contributed by atoms with Crippen LogP contribution in [0.5, 0.6) is 0 Å². The highest BCUT2D eigenvalue weighted by Crippen LogP contribution is 2.43. The highest BCUT2D eigenvalue weighted by atomic mass is 16.5. The summed E-state index contributed by atoms with van der Waals surface area (Å²) in [6.45, 7) is 11.7. The number of hydrogen-bond acceptors (Lipinski definition) is 2. The Balaban J connectivity index is 5.16. The van der Waals surface area contributed by atoms with Crippen molar-refractivity contribution in [3.05, 3.63) is 6.08 Å². The lowest BCUT2D eigenvalue weighted by Crippen LogP contribution is -2.37. The van der Waals surface area contributed by atoms with Gasteiger partial charge >= 0.3 is 0 Å². The van der Waals surface area contributed by atoms with Crippen LogP contribution in [0.15, 0.2) is 6.08 Å². The molecule has 0 bridgehead atoms. The fourth-order valence-electron chi connectivity index (χ4n) is 2.85. The van der Waals surface area contributed by atoms with Crippen molar-refractivity contribution in [2.24, 2.45) is 16.7 Å². The quantitative estimate of drug-likeness (QED) is 0.631. The summed E-state index contributed by atoms with van der Waals surface area (Å²) < 4.78 is 5.42. The SMILES string of the molecule is CCCC(COC)(CC(C)(C)C)C(C)C=C=O. The van der Waals surface area contributed by atoms with Gasteiger partial charge in [-0.3, -0.25) is 0 Å². The van der Waals surface area contributed by atoms with Crippen LogP contribution in [0, 0.1) is 16.7 Å². The van der Waals surface area contributed by atoms with Crippen LogP contribution >= 0.6 is 0 Å². The first kappa shape index (κ1) is 16.4. The molecule has 0 N–H and O–H groups in total. The fourth-order valence-corrected chi connectivity index (χ4v) is 2.85. The van der Waals surface area contributed by atoms with E-state index < -0.39 is 0 Å². The topological polar surface area (TPSA) is 26.3 Å². The van der Waals surface area contributed by atoms with E-state index in [1.54, 1.807) is 13.2 Å². The van der Waals surface area contributed by atoms with E-state index in [0.29, 0.717) is 6.61 Å². The molecule has 2 atom stereocenters. The maximum Gasteiger partial charge on any atom is 0.120 e.